The molecule has 0 aliphatic carbocycles. The van der Waals surface area contributed by atoms with Crippen molar-refractivity contribution in [2.45, 2.75) is 59.8 Å². The van der Waals surface area contributed by atoms with E-state index in [0.717, 1.165) is 17.8 Å². The topological polar surface area (TPSA) is 0 Å². The van der Waals surface area contributed by atoms with E-state index >= 15 is 0 Å². The van der Waals surface area contributed by atoms with Gasteiger partial charge in [0.05, 0.1) is 0 Å². The fraction of sp³-hybridized carbons (Fsp3) is 0.667. The highest BCUT2D eigenvalue weighted by molar-refractivity contribution is 5.14. The van der Waals surface area contributed by atoms with E-state index in [1.165, 1.54) is 37.7 Å². The molecule has 1 aromatic rings. The van der Waals surface area contributed by atoms with Crippen molar-refractivity contribution in [3.05, 3.63) is 35.9 Å². The Kier molecular flexibility index (Phi) is 7.08. The zero-order valence-corrected chi connectivity index (χ0v) is 12.7. The van der Waals surface area contributed by atoms with Gasteiger partial charge in [-0.25, -0.2) is 0 Å². The molecule has 0 radical (unpaired) electrons. The van der Waals surface area contributed by atoms with E-state index < -0.39 is 0 Å². The highest BCUT2D eigenvalue weighted by atomic mass is 14.2. The predicted octanol–water partition coefficient (Wildman–Crippen LogP) is 5.72. The lowest BCUT2D eigenvalue weighted by Gasteiger charge is -2.24. The van der Waals surface area contributed by atoms with Crippen LogP contribution in [0.25, 0.3) is 0 Å². The monoisotopic (exact) mass is 246 g/mol. The van der Waals surface area contributed by atoms with Gasteiger partial charge in [-0.15, -0.1) is 0 Å². The Hall–Kier alpha value is -0.780. The highest BCUT2D eigenvalue weighted by Crippen LogP contribution is 2.27. The molecule has 0 fully saturated rings. The Morgan fingerprint density at radius 2 is 1.56 bits per heavy atom. The van der Waals surface area contributed by atoms with Crippen molar-refractivity contribution in [1.82, 2.24) is 0 Å². The van der Waals surface area contributed by atoms with Gasteiger partial charge in [0.2, 0.25) is 0 Å². The van der Waals surface area contributed by atoms with Crippen molar-refractivity contribution in [3.8, 4) is 0 Å². The average Bonchev–Trinajstić information content (AvgIpc) is 2.39. The van der Waals surface area contributed by atoms with Crippen molar-refractivity contribution >= 4 is 0 Å². The second kappa shape index (κ2) is 8.34. The number of aryl methyl sites for hydroxylation is 1. The summed E-state index contributed by atoms with van der Waals surface area (Å²) in [5.74, 6) is 2.61. The van der Waals surface area contributed by atoms with Crippen LogP contribution in [0, 0.1) is 17.8 Å². The minimum Gasteiger partial charge on any atom is -0.0651 e. The number of hydrogen-bond acceptors (Lipinski definition) is 0. The van der Waals surface area contributed by atoms with Gasteiger partial charge in [-0.05, 0) is 42.6 Å². The number of benzene rings is 1. The van der Waals surface area contributed by atoms with Crippen LogP contribution >= 0.6 is 0 Å². The first-order chi connectivity index (χ1) is 8.63. The highest BCUT2D eigenvalue weighted by Gasteiger charge is 2.16. The molecule has 0 aliphatic heterocycles. The molecule has 0 N–H and O–H groups in total. The van der Waals surface area contributed by atoms with Gasteiger partial charge >= 0.3 is 0 Å². The van der Waals surface area contributed by atoms with Crippen LogP contribution in [0.4, 0.5) is 0 Å². The van der Waals surface area contributed by atoms with Gasteiger partial charge in [0.15, 0.2) is 0 Å². The second-order valence-electron chi connectivity index (χ2n) is 6.14. The van der Waals surface area contributed by atoms with Crippen molar-refractivity contribution in [2.75, 3.05) is 0 Å². The standard InChI is InChI=1S/C18H30/c1-5-16(4)18(13-11-15(2)3)14-12-17-9-7-6-8-10-17/h6-10,15-16,18H,5,11-14H2,1-4H3. The molecule has 0 saturated heterocycles. The maximum atomic E-state index is 2.43. The van der Waals surface area contributed by atoms with E-state index in [1.807, 2.05) is 0 Å². The molecule has 0 heterocycles. The van der Waals surface area contributed by atoms with Crippen LogP contribution in [0.15, 0.2) is 30.3 Å². The number of hydrogen-bond donors (Lipinski definition) is 0. The fourth-order valence-corrected chi connectivity index (χ4v) is 2.59. The van der Waals surface area contributed by atoms with E-state index in [0.29, 0.717) is 0 Å². The smallest absolute Gasteiger partial charge is 0.0276 e. The molecule has 0 saturated carbocycles. The summed E-state index contributed by atoms with van der Waals surface area (Å²) in [4.78, 5) is 0. The third kappa shape index (κ3) is 5.71. The summed E-state index contributed by atoms with van der Waals surface area (Å²) < 4.78 is 0. The van der Waals surface area contributed by atoms with Gasteiger partial charge in [0.25, 0.3) is 0 Å². The Balaban J connectivity index is 2.45. The first kappa shape index (κ1) is 15.3. The molecule has 18 heavy (non-hydrogen) atoms. The van der Waals surface area contributed by atoms with E-state index in [1.54, 1.807) is 0 Å². The lowest BCUT2D eigenvalue weighted by Crippen LogP contribution is -2.13. The maximum absolute atomic E-state index is 2.43. The summed E-state index contributed by atoms with van der Waals surface area (Å²) in [6.45, 7) is 9.43. The maximum Gasteiger partial charge on any atom is -0.0276 e. The van der Waals surface area contributed by atoms with E-state index in [9.17, 15) is 0 Å². The van der Waals surface area contributed by atoms with Gasteiger partial charge in [0, 0.05) is 0 Å². The molecule has 0 aliphatic rings. The van der Waals surface area contributed by atoms with Gasteiger partial charge < -0.3 is 0 Å². The molecule has 2 unspecified atom stereocenters. The van der Waals surface area contributed by atoms with Gasteiger partial charge in [-0.2, -0.15) is 0 Å². The van der Waals surface area contributed by atoms with Crippen LogP contribution in [0.2, 0.25) is 0 Å². The molecule has 0 amide bonds. The average molecular weight is 246 g/mol. The molecule has 1 rings (SSSR count). The molecule has 0 spiro atoms. The predicted molar refractivity (Wildman–Crippen MR) is 81.8 cm³/mol. The summed E-state index contributed by atoms with van der Waals surface area (Å²) in [5, 5.41) is 0. The SMILES string of the molecule is CCC(C)C(CCc1ccccc1)CCC(C)C. The van der Waals surface area contributed by atoms with Crippen LogP contribution in [-0.4, -0.2) is 0 Å². The summed E-state index contributed by atoms with van der Waals surface area (Å²) in [7, 11) is 0. The first-order valence-electron chi connectivity index (χ1n) is 7.67. The second-order valence-corrected chi connectivity index (χ2v) is 6.14. The molecule has 0 heteroatoms. The van der Waals surface area contributed by atoms with E-state index in [4.69, 9.17) is 0 Å². The van der Waals surface area contributed by atoms with Crippen molar-refractivity contribution in [1.29, 1.82) is 0 Å². The largest absolute Gasteiger partial charge is 0.0651 e. The van der Waals surface area contributed by atoms with Gasteiger partial charge in [-0.1, -0.05) is 70.9 Å². The summed E-state index contributed by atoms with van der Waals surface area (Å²) >= 11 is 0. The van der Waals surface area contributed by atoms with Crippen molar-refractivity contribution in [3.63, 3.8) is 0 Å². The molecular weight excluding hydrogens is 216 g/mol. The minimum atomic E-state index is 0.841. The lowest BCUT2D eigenvalue weighted by molar-refractivity contribution is 0.288. The molecule has 102 valence electrons. The normalized spacial score (nSPS) is 14.7. The zero-order valence-electron chi connectivity index (χ0n) is 12.7. The Bertz CT molecular complexity index is 299. The molecule has 0 nitrogen and oxygen atoms in total. The first-order valence-corrected chi connectivity index (χ1v) is 7.67. The Morgan fingerprint density at radius 3 is 2.11 bits per heavy atom. The van der Waals surface area contributed by atoms with Gasteiger partial charge in [0.1, 0.15) is 0 Å². The molecule has 0 bridgehead atoms. The molecule has 2 atom stereocenters. The van der Waals surface area contributed by atoms with E-state index in [2.05, 4.69) is 58.0 Å². The third-order valence-electron chi connectivity index (χ3n) is 4.21. The summed E-state index contributed by atoms with van der Waals surface area (Å²) in [5.41, 5.74) is 1.50. The van der Waals surface area contributed by atoms with E-state index in [-0.39, 0.29) is 0 Å². The minimum absolute atomic E-state index is 0.841. The summed E-state index contributed by atoms with van der Waals surface area (Å²) in [6, 6.07) is 10.9. The van der Waals surface area contributed by atoms with Crippen LogP contribution in [0.5, 0.6) is 0 Å². The zero-order chi connectivity index (χ0) is 13.4. The fourth-order valence-electron chi connectivity index (χ4n) is 2.59. The van der Waals surface area contributed by atoms with Crippen LogP contribution in [0.1, 0.15) is 58.9 Å². The lowest BCUT2D eigenvalue weighted by atomic mass is 9.82. The Morgan fingerprint density at radius 1 is 0.889 bits per heavy atom. The third-order valence-corrected chi connectivity index (χ3v) is 4.21. The van der Waals surface area contributed by atoms with Crippen molar-refractivity contribution < 1.29 is 0 Å². The number of rotatable bonds is 8. The van der Waals surface area contributed by atoms with Crippen LogP contribution in [0.3, 0.4) is 0 Å². The van der Waals surface area contributed by atoms with Gasteiger partial charge in [-0.3, -0.25) is 0 Å². The molecule has 1 aromatic carbocycles. The Labute approximate surface area is 114 Å². The quantitative estimate of drug-likeness (QED) is 0.550. The molecule has 0 aromatic heterocycles. The molecular formula is C18H30. The van der Waals surface area contributed by atoms with Crippen LogP contribution < -0.4 is 0 Å². The van der Waals surface area contributed by atoms with Crippen LogP contribution in [-0.2, 0) is 6.42 Å². The summed E-state index contributed by atoms with van der Waals surface area (Å²) in [6.07, 6.45) is 6.69. The van der Waals surface area contributed by atoms with Crippen molar-refractivity contribution in [2.24, 2.45) is 17.8 Å².